The van der Waals surface area contributed by atoms with Crippen molar-refractivity contribution in [2.24, 2.45) is 10.9 Å². The predicted octanol–water partition coefficient (Wildman–Crippen LogP) is 6.84. The van der Waals surface area contributed by atoms with Crippen LogP contribution < -0.4 is 0 Å². The SMILES string of the molecule is CC[C@@]1(OC(=O)C2=C(C)N=C(C)C(C(=O)OC)[C@@H]2c2cccc([N+](=O)[O-])c2)CCN(CCC(c2ccccc2)c2ccccc2)C1. The molecular weight excluding hydrogens is 582 g/mol. The van der Waals surface area contributed by atoms with E-state index in [4.69, 9.17) is 9.47 Å². The topological polar surface area (TPSA) is 111 Å². The Bertz CT molecular complexity index is 1600. The van der Waals surface area contributed by atoms with Crippen LogP contribution in [-0.4, -0.2) is 59.8 Å². The first-order valence-corrected chi connectivity index (χ1v) is 15.8. The summed E-state index contributed by atoms with van der Waals surface area (Å²) in [5.41, 5.74) is 3.26. The standard InChI is InChI=1S/C37H41N3O6/c1-5-37(20-22-39(24-37)21-19-31(27-13-8-6-9-14-27)28-15-10-7-11-16-28)46-36(42)33-26(3)38-25(2)32(35(41)45-4)34(33)29-17-12-18-30(23-29)40(43)44/h6-18,23,31-32,34H,5,19-22,24H2,1-4H3/t32?,34-,37+/m0/s1. The summed E-state index contributed by atoms with van der Waals surface area (Å²) in [6.45, 7) is 7.64. The van der Waals surface area contributed by atoms with Crippen molar-refractivity contribution in [3.8, 4) is 0 Å². The lowest BCUT2D eigenvalue weighted by Gasteiger charge is -2.34. The summed E-state index contributed by atoms with van der Waals surface area (Å²) in [5.74, 6) is -2.66. The quantitative estimate of drug-likeness (QED) is 0.131. The van der Waals surface area contributed by atoms with Crippen molar-refractivity contribution >= 4 is 23.3 Å². The van der Waals surface area contributed by atoms with Gasteiger partial charge in [0.15, 0.2) is 0 Å². The molecule has 0 bridgehead atoms. The summed E-state index contributed by atoms with van der Waals surface area (Å²) in [6.07, 6.45) is 2.20. The van der Waals surface area contributed by atoms with E-state index in [1.54, 1.807) is 26.0 Å². The zero-order chi connectivity index (χ0) is 32.8. The van der Waals surface area contributed by atoms with Crippen molar-refractivity contribution < 1.29 is 24.0 Å². The lowest BCUT2D eigenvalue weighted by Crippen LogP contribution is -2.41. The number of nitrogens with zero attached hydrogens (tertiary/aromatic N) is 3. The van der Waals surface area contributed by atoms with E-state index in [2.05, 4.69) is 58.4 Å². The number of likely N-dealkylation sites (tertiary alicyclic amines) is 1. The van der Waals surface area contributed by atoms with Gasteiger partial charge >= 0.3 is 11.9 Å². The Morgan fingerprint density at radius 2 is 1.67 bits per heavy atom. The maximum Gasteiger partial charge on any atom is 0.337 e. The molecule has 9 nitrogen and oxygen atoms in total. The molecule has 0 radical (unpaired) electrons. The van der Waals surface area contributed by atoms with Crippen LogP contribution in [0.2, 0.25) is 0 Å². The van der Waals surface area contributed by atoms with Crippen molar-refractivity contribution in [2.75, 3.05) is 26.7 Å². The van der Waals surface area contributed by atoms with Crippen molar-refractivity contribution in [3.63, 3.8) is 0 Å². The molecule has 0 N–H and O–H groups in total. The Balaban J connectivity index is 1.38. The Hall–Kier alpha value is -4.63. The molecule has 0 aromatic heterocycles. The van der Waals surface area contributed by atoms with Crippen molar-refractivity contribution in [1.29, 1.82) is 0 Å². The second-order valence-corrected chi connectivity index (χ2v) is 12.2. The molecule has 3 atom stereocenters. The Labute approximate surface area is 270 Å². The molecule has 9 heteroatoms. The van der Waals surface area contributed by atoms with Crippen LogP contribution in [0.5, 0.6) is 0 Å². The zero-order valence-corrected chi connectivity index (χ0v) is 26.8. The molecule has 240 valence electrons. The molecule has 0 aliphatic carbocycles. The van der Waals surface area contributed by atoms with E-state index < -0.39 is 34.3 Å². The van der Waals surface area contributed by atoms with E-state index in [9.17, 15) is 19.7 Å². The van der Waals surface area contributed by atoms with Gasteiger partial charge in [0, 0.05) is 54.9 Å². The number of hydrogen-bond acceptors (Lipinski definition) is 8. The molecular formula is C37H41N3O6. The predicted molar refractivity (Wildman–Crippen MR) is 177 cm³/mol. The van der Waals surface area contributed by atoms with Gasteiger partial charge in [-0.25, -0.2) is 4.79 Å². The number of ether oxygens (including phenoxy) is 2. The number of esters is 2. The van der Waals surface area contributed by atoms with E-state index in [1.807, 2.05) is 19.1 Å². The third-order valence-corrected chi connectivity index (χ3v) is 9.43. The van der Waals surface area contributed by atoms with E-state index in [1.165, 1.54) is 30.4 Å². The molecule has 0 spiro atoms. The summed E-state index contributed by atoms with van der Waals surface area (Å²) in [5, 5.41) is 11.6. The highest BCUT2D eigenvalue weighted by atomic mass is 16.6. The van der Waals surface area contributed by atoms with Gasteiger partial charge < -0.3 is 9.47 Å². The van der Waals surface area contributed by atoms with E-state index in [0.717, 1.165) is 19.5 Å². The molecule has 46 heavy (non-hydrogen) atoms. The smallest absolute Gasteiger partial charge is 0.337 e. The van der Waals surface area contributed by atoms with Crippen molar-refractivity contribution in [3.05, 3.63) is 123 Å². The molecule has 1 saturated heterocycles. The van der Waals surface area contributed by atoms with Crippen LogP contribution in [0.1, 0.15) is 68.6 Å². The van der Waals surface area contributed by atoms with Crippen LogP contribution >= 0.6 is 0 Å². The van der Waals surface area contributed by atoms with Crippen LogP contribution in [0, 0.1) is 16.0 Å². The normalized spacial score (nSPS) is 21.6. The van der Waals surface area contributed by atoms with Crippen LogP contribution in [0.4, 0.5) is 5.69 Å². The highest BCUT2D eigenvalue weighted by Crippen LogP contribution is 2.42. The largest absolute Gasteiger partial charge is 0.468 e. The van der Waals surface area contributed by atoms with Crippen molar-refractivity contribution in [2.45, 2.75) is 57.5 Å². The molecule has 3 aromatic carbocycles. The number of rotatable bonds is 11. The molecule has 0 amide bonds. The molecule has 1 unspecified atom stereocenters. The number of nitro groups is 1. The van der Waals surface area contributed by atoms with E-state index >= 15 is 0 Å². The molecule has 1 fully saturated rings. The first-order valence-electron chi connectivity index (χ1n) is 15.8. The van der Waals surface area contributed by atoms with Gasteiger partial charge in [0.2, 0.25) is 0 Å². The van der Waals surface area contributed by atoms with E-state index in [0.29, 0.717) is 36.4 Å². The molecule has 0 saturated carbocycles. The Morgan fingerprint density at radius 1 is 1.02 bits per heavy atom. The minimum atomic E-state index is -0.927. The van der Waals surface area contributed by atoms with Crippen LogP contribution in [0.15, 0.2) is 101 Å². The van der Waals surface area contributed by atoms with Crippen LogP contribution in [0.25, 0.3) is 0 Å². The maximum atomic E-state index is 14.2. The summed E-state index contributed by atoms with van der Waals surface area (Å²) < 4.78 is 11.5. The second-order valence-electron chi connectivity index (χ2n) is 12.2. The highest BCUT2D eigenvalue weighted by Gasteiger charge is 2.46. The number of nitro benzene ring substituents is 1. The number of hydrogen-bond donors (Lipinski definition) is 0. The number of carbonyl (C=O) groups is 2. The summed E-state index contributed by atoms with van der Waals surface area (Å²) in [4.78, 5) is 45.3. The van der Waals surface area contributed by atoms with Gasteiger partial charge in [-0.15, -0.1) is 0 Å². The van der Waals surface area contributed by atoms with Crippen LogP contribution in [-0.2, 0) is 19.1 Å². The molecule has 5 rings (SSSR count). The lowest BCUT2D eigenvalue weighted by atomic mass is 9.75. The average molecular weight is 624 g/mol. The van der Waals surface area contributed by atoms with Gasteiger partial charge in [-0.1, -0.05) is 79.7 Å². The van der Waals surface area contributed by atoms with Gasteiger partial charge in [0.25, 0.3) is 5.69 Å². The van der Waals surface area contributed by atoms with Gasteiger partial charge in [-0.3, -0.25) is 24.8 Å². The van der Waals surface area contributed by atoms with E-state index in [-0.39, 0.29) is 17.2 Å². The number of allylic oxidation sites excluding steroid dienone is 1. The molecule has 2 aliphatic heterocycles. The fraction of sp³-hybridized carbons (Fsp3) is 0.378. The van der Waals surface area contributed by atoms with Crippen molar-refractivity contribution in [1.82, 2.24) is 4.90 Å². The zero-order valence-electron chi connectivity index (χ0n) is 26.8. The van der Waals surface area contributed by atoms with Gasteiger partial charge in [-0.05, 0) is 49.9 Å². The number of aliphatic imine (C=N–C) groups is 1. The summed E-state index contributed by atoms with van der Waals surface area (Å²) in [6, 6.07) is 27.1. The average Bonchev–Trinajstić information content (AvgIpc) is 3.48. The third-order valence-electron chi connectivity index (χ3n) is 9.43. The lowest BCUT2D eigenvalue weighted by molar-refractivity contribution is -0.384. The third kappa shape index (κ3) is 6.94. The fourth-order valence-corrected chi connectivity index (χ4v) is 6.95. The van der Waals surface area contributed by atoms with Crippen LogP contribution in [0.3, 0.4) is 0 Å². The van der Waals surface area contributed by atoms with Gasteiger partial charge in [0.05, 0.1) is 17.6 Å². The maximum absolute atomic E-state index is 14.2. The van der Waals surface area contributed by atoms with Gasteiger partial charge in [-0.2, -0.15) is 0 Å². The Morgan fingerprint density at radius 3 is 2.26 bits per heavy atom. The molecule has 3 aromatic rings. The Kier molecular flexibility index (Phi) is 10.1. The fourth-order valence-electron chi connectivity index (χ4n) is 6.95. The number of non-ortho nitro benzene ring substituents is 1. The first kappa shape index (κ1) is 32.8. The minimum Gasteiger partial charge on any atom is -0.468 e. The monoisotopic (exact) mass is 623 g/mol. The first-order chi connectivity index (χ1) is 22.2. The molecule has 2 aliphatic rings. The highest BCUT2D eigenvalue weighted by molar-refractivity contribution is 6.07. The van der Waals surface area contributed by atoms with Gasteiger partial charge in [0.1, 0.15) is 11.5 Å². The summed E-state index contributed by atoms with van der Waals surface area (Å²) >= 11 is 0. The second kappa shape index (κ2) is 14.2. The minimum absolute atomic E-state index is 0.132. The number of benzene rings is 3. The molecule has 2 heterocycles. The number of carbonyl (C=O) groups excluding carboxylic acids is 2. The number of methoxy groups -OCH3 is 1. The summed E-state index contributed by atoms with van der Waals surface area (Å²) in [7, 11) is 1.28.